The Kier molecular flexibility index (Phi) is 5.32. The molecule has 0 fully saturated rings. The molecule has 0 aliphatic carbocycles. The Hall–Kier alpha value is -1.89. The minimum atomic E-state index is -3.78. The summed E-state index contributed by atoms with van der Waals surface area (Å²) < 4.78 is 28.7. The lowest BCUT2D eigenvalue weighted by atomic mass is 10.1. The molecule has 1 aromatic rings. The SMILES string of the molecule is CCC(C)NC(=O)c1ccc2c(c1)S(=O)(=O)N=C(C)N2CC(C)C. The number of amidine groups is 1. The maximum absolute atomic E-state index is 12.4. The first-order valence-corrected chi connectivity index (χ1v) is 9.63. The molecule has 24 heavy (non-hydrogen) atoms. The van der Waals surface area contributed by atoms with E-state index in [1.807, 2.05) is 18.7 Å². The van der Waals surface area contributed by atoms with Gasteiger partial charge in [0.2, 0.25) is 0 Å². The van der Waals surface area contributed by atoms with Gasteiger partial charge in [-0.15, -0.1) is 4.40 Å². The zero-order valence-electron chi connectivity index (χ0n) is 14.8. The highest BCUT2D eigenvalue weighted by Gasteiger charge is 2.30. The number of nitrogens with zero attached hydrogens (tertiary/aromatic N) is 2. The van der Waals surface area contributed by atoms with Gasteiger partial charge in [0.1, 0.15) is 10.7 Å². The van der Waals surface area contributed by atoms with Crippen LogP contribution in [0.15, 0.2) is 27.5 Å². The van der Waals surface area contributed by atoms with Gasteiger partial charge >= 0.3 is 0 Å². The van der Waals surface area contributed by atoms with Gasteiger partial charge in [-0.25, -0.2) is 0 Å². The molecule has 0 spiro atoms. The first kappa shape index (κ1) is 18.4. The van der Waals surface area contributed by atoms with E-state index in [9.17, 15) is 13.2 Å². The van der Waals surface area contributed by atoms with Crippen LogP contribution in [-0.4, -0.2) is 32.7 Å². The van der Waals surface area contributed by atoms with E-state index >= 15 is 0 Å². The Morgan fingerprint density at radius 2 is 1.96 bits per heavy atom. The van der Waals surface area contributed by atoms with Gasteiger partial charge in [-0.05, 0) is 44.4 Å². The molecule has 0 bridgehead atoms. The summed E-state index contributed by atoms with van der Waals surface area (Å²) in [5.74, 6) is 0.522. The van der Waals surface area contributed by atoms with Crippen LogP contribution >= 0.6 is 0 Å². The average molecular weight is 351 g/mol. The van der Waals surface area contributed by atoms with Crippen molar-refractivity contribution < 1.29 is 13.2 Å². The molecule has 0 aromatic heterocycles. The van der Waals surface area contributed by atoms with E-state index < -0.39 is 10.0 Å². The van der Waals surface area contributed by atoms with E-state index in [0.717, 1.165) is 6.42 Å². The van der Waals surface area contributed by atoms with Crippen molar-refractivity contribution >= 4 is 27.5 Å². The van der Waals surface area contributed by atoms with Gasteiger partial charge in [0.25, 0.3) is 15.9 Å². The van der Waals surface area contributed by atoms with E-state index in [1.165, 1.54) is 6.07 Å². The molecule has 1 aromatic carbocycles. The Labute approximate surface area is 144 Å². The quantitative estimate of drug-likeness (QED) is 0.885. The summed E-state index contributed by atoms with van der Waals surface area (Å²) in [6, 6.07) is 4.81. The van der Waals surface area contributed by atoms with E-state index in [1.54, 1.807) is 19.1 Å². The van der Waals surface area contributed by atoms with Crippen LogP contribution in [0.2, 0.25) is 0 Å². The van der Waals surface area contributed by atoms with Crippen molar-refractivity contribution in [1.29, 1.82) is 0 Å². The van der Waals surface area contributed by atoms with Gasteiger partial charge in [-0.2, -0.15) is 8.42 Å². The number of sulfonamides is 1. The van der Waals surface area contributed by atoms with Crippen LogP contribution in [0, 0.1) is 5.92 Å². The highest BCUT2D eigenvalue weighted by molar-refractivity contribution is 7.90. The van der Waals surface area contributed by atoms with Crippen molar-refractivity contribution in [1.82, 2.24) is 5.32 Å². The number of fused-ring (bicyclic) bond motifs is 1. The molecule has 0 radical (unpaired) electrons. The Morgan fingerprint density at radius 3 is 2.54 bits per heavy atom. The Morgan fingerprint density at radius 1 is 1.29 bits per heavy atom. The lowest BCUT2D eigenvalue weighted by molar-refractivity contribution is 0.0939. The molecule has 1 aliphatic heterocycles. The monoisotopic (exact) mass is 351 g/mol. The van der Waals surface area contributed by atoms with Gasteiger partial charge in [-0.1, -0.05) is 20.8 Å². The summed E-state index contributed by atoms with van der Waals surface area (Å²) in [7, 11) is -3.78. The third kappa shape index (κ3) is 3.77. The predicted molar refractivity (Wildman–Crippen MR) is 96.1 cm³/mol. The first-order chi connectivity index (χ1) is 11.2. The van der Waals surface area contributed by atoms with Crippen LogP contribution in [-0.2, 0) is 10.0 Å². The summed E-state index contributed by atoms with van der Waals surface area (Å²) in [6.45, 7) is 10.4. The molecule has 1 aliphatic rings. The molecular formula is C17H25N3O3S. The van der Waals surface area contributed by atoms with Gasteiger partial charge in [-0.3, -0.25) is 4.79 Å². The number of benzene rings is 1. The molecule has 1 heterocycles. The third-order valence-corrected chi connectivity index (χ3v) is 5.36. The number of carbonyl (C=O) groups excluding carboxylic acids is 1. The predicted octanol–water partition coefficient (Wildman–Crippen LogP) is 2.80. The van der Waals surface area contributed by atoms with E-state index in [4.69, 9.17) is 0 Å². The van der Waals surface area contributed by atoms with Crippen molar-refractivity contribution in [2.45, 2.75) is 52.0 Å². The number of amides is 1. The maximum atomic E-state index is 12.4. The second-order valence-electron chi connectivity index (χ2n) is 6.58. The first-order valence-electron chi connectivity index (χ1n) is 8.19. The third-order valence-electron chi connectivity index (χ3n) is 3.97. The van der Waals surface area contributed by atoms with Gasteiger partial charge < -0.3 is 10.2 Å². The van der Waals surface area contributed by atoms with Crippen LogP contribution in [0.3, 0.4) is 0 Å². The molecule has 1 amide bonds. The minimum Gasteiger partial charge on any atom is -0.350 e. The smallest absolute Gasteiger partial charge is 0.286 e. The number of hydrogen-bond donors (Lipinski definition) is 1. The molecule has 0 saturated carbocycles. The van der Waals surface area contributed by atoms with E-state index in [-0.39, 0.29) is 16.8 Å². The summed E-state index contributed by atoms with van der Waals surface area (Å²) >= 11 is 0. The van der Waals surface area contributed by atoms with Crippen molar-refractivity contribution in [3.8, 4) is 0 Å². The normalized spacial score (nSPS) is 17.2. The molecule has 2 rings (SSSR count). The van der Waals surface area contributed by atoms with Crippen molar-refractivity contribution in [2.75, 3.05) is 11.4 Å². The van der Waals surface area contributed by atoms with Crippen LogP contribution in [0.25, 0.3) is 0 Å². The number of anilines is 1. The van der Waals surface area contributed by atoms with Crippen LogP contribution in [0.1, 0.15) is 51.4 Å². The lowest BCUT2D eigenvalue weighted by Crippen LogP contribution is -2.37. The molecule has 6 nitrogen and oxygen atoms in total. The van der Waals surface area contributed by atoms with Crippen LogP contribution < -0.4 is 10.2 Å². The second-order valence-corrected chi connectivity index (χ2v) is 8.16. The highest BCUT2D eigenvalue weighted by atomic mass is 32.2. The largest absolute Gasteiger partial charge is 0.350 e. The fourth-order valence-corrected chi connectivity index (χ4v) is 3.80. The van der Waals surface area contributed by atoms with Crippen molar-refractivity contribution in [3.05, 3.63) is 23.8 Å². The van der Waals surface area contributed by atoms with Crippen molar-refractivity contribution in [2.24, 2.45) is 10.3 Å². The average Bonchev–Trinajstić information content (AvgIpc) is 2.50. The van der Waals surface area contributed by atoms with Crippen LogP contribution in [0.4, 0.5) is 5.69 Å². The Balaban J connectivity index is 2.46. The molecule has 7 heteroatoms. The zero-order valence-corrected chi connectivity index (χ0v) is 15.6. The van der Waals surface area contributed by atoms with Gasteiger partial charge in [0.05, 0.1) is 5.69 Å². The van der Waals surface area contributed by atoms with E-state index in [0.29, 0.717) is 29.5 Å². The number of hydrogen-bond acceptors (Lipinski definition) is 4. The van der Waals surface area contributed by atoms with Crippen LogP contribution in [0.5, 0.6) is 0 Å². The molecule has 1 atom stereocenters. The number of carbonyl (C=O) groups is 1. The highest BCUT2D eigenvalue weighted by Crippen LogP contribution is 2.33. The second kappa shape index (κ2) is 6.93. The standard InChI is InChI=1S/C17H25N3O3S/c1-6-12(4)18-17(21)14-7-8-15-16(9-14)24(22,23)19-13(5)20(15)10-11(2)3/h7-9,11-12H,6,10H2,1-5H3,(H,18,21). The Bertz CT molecular complexity index is 769. The zero-order chi connectivity index (χ0) is 18.1. The topological polar surface area (TPSA) is 78.8 Å². The summed E-state index contributed by atoms with van der Waals surface area (Å²) in [6.07, 6.45) is 0.806. The van der Waals surface area contributed by atoms with Gasteiger partial charge in [0, 0.05) is 18.2 Å². The fourth-order valence-electron chi connectivity index (χ4n) is 2.54. The minimum absolute atomic E-state index is 0.0304. The molecular weight excluding hydrogens is 326 g/mol. The van der Waals surface area contributed by atoms with E-state index in [2.05, 4.69) is 23.6 Å². The van der Waals surface area contributed by atoms with Crippen molar-refractivity contribution in [3.63, 3.8) is 0 Å². The maximum Gasteiger partial charge on any atom is 0.286 e. The summed E-state index contributed by atoms with van der Waals surface area (Å²) in [5.41, 5.74) is 0.910. The number of rotatable bonds is 5. The summed E-state index contributed by atoms with van der Waals surface area (Å²) in [4.78, 5) is 14.3. The molecule has 0 saturated heterocycles. The lowest BCUT2D eigenvalue weighted by Gasteiger charge is -2.31. The van der Waals surface area contributed by atoms with Gasteiger partial charge in [0.15, 0.2) is 0 Å². The molecule has 1 N–H and O–H groups in total. The molecule has 1 unspecified atom stereocenters. The summed E-state index contributed by atoms with van der Waals surface area (Å²) in [5, 5.41) is 2.85. The number of nitrogens with one attached hydrogen (secondary N) is 1. The fraction of sp³-hybridized carbons (Fsp3) is 0.529. The molecule has 132 valence electrons.